The summed E-state index contributed by atoms with van der Waals surface area (Å²) < 4.78 is 4.68. The van der Waals surface area contributed by atoms with Crippen LogP contribution in [0.4, 0.5) is 0 Å². The number of aromatic nitrogens is 1. The van der Waals surface area contributed by atoms with Crippen LogP contribution in [0.15, 0.2) is 18.3 Å². The number of esters is 1. The number of methoxy groups -OCH3 is 1. The fourth-order valence-electron chi connectivity index (χ4n) is 2.98. The van der Waals surface area contributed by atoms with Gasteiger partial charge < -0.3 is 4.74 Å². The van der Waals surface area contributed by atoms with Gasteiger partial charge in [-0.05, 0) is 31.6 Å². The number of rotatable bonds is 6. The molecule has 0 aliphatic carbocycles. The third kappa shape index (κ3) is 4.02. The Bertz CT molecular complexity index is 457. The molecule has 2 rings (SSSR count). The molecule has 5 heteroatoms. The molecule has 5 nitrogen and oxygen atoms in total. The molecule has 1 atom stereocenters. The van der Waals surface area contributed by atoms with Crippen LogP contribution >= 0.6 is 0 Å². The Hall–Kier alpha value is -1.46. The summed E-state index contributed by atoms with van der Waals surface area (Å²) in [5, 5.41) is 0. The van der Waals surface area contributed by atoms with Gasteiger partial charge in [-0.25, -0.2) is 4.79 Å². The van der Waals surface area contributed by atoms with E-state index in [4.69, 9.17) is 0 Å². The number of carbonyl (C=O) groups is 1. The Balaban J connectivity index is 1.90. The Morgan fingerprint density at radius 3 is 2.76 bits per heavy atom. The molecule has 21 heavy (non-hydrogen) atoms. The minimum absolute atomic E-state index is 0.336. The van der Waals surface area contributed by atoms with Gasteiger partial charge in [0.1, 0.15) is 0 Å². The number of pyridine rings is 1. The van der Waals surface area contributed by atoms with Gasteiger partial charge in [-0.15, -0.1) is 0 Å². The Labute approximate surface area is 126 Å². The number of hydrogen-bond acceptors (Lipinski definition) is 5. The van der Waals surface area contributed by atoms with Gasteiger partial charge in [-0.3, -0.25) is 14.8 Å². The fraction of sp³-hybridized carbons (Fsp3) is 0.625. The summed E-state index contributed by atoms with van der Waals surface area (Å²) in [6, 6.07) is 4.36. The SMILES string of the molecule is CCN(CC)C1CCN(Cc2ccc(C(=O)OC)cn2)C1. The highest BCUT2D eigenvalue weighted by atomic mass is 16.5. The average molecular weight is 291 g/mol. The van der Waals surface area contributed by atoms with Gasteiger partial charge in [-0.2, -0.15) is 0 Å². The molecule has 116 valence electrons. The van der Waals surface area contributed by atoms with Gasteiger partial charge in [0, 0.05) is 31.9 Å². The summed E-state index contributed by atoms with van der Waals surface area (Å²) in [6.07, 6.45) is 2.82. The molecule has 0 N–H and O–H groups in total. The van der Waals surface area contributed by atoms with E-state index in [0.717, 1.165) is 38.4 Å². The molecule has 0 bridgehead atoms. The van der Waals surface area contributed by atoms with E-state index in [0.29, 0.717) is 11.6 Å². The lowest BCUT2D eigenvalue weighted by atomic mass is 10.2. The molecule has 0 aromatic carbocycles. The van der Waals surface area contributed by atoms with E-state index in [1.807, 2.05) is 6.07 Å². The zero-order chi connectivity index (χ0) is 15.2. The summed E-state index contributed by atoms with van der Waals surface area (Å²) in [4.78, 5) is 20.7. The van der Waals surface area contributed by atoms with Crippen molar-refractivity contribution in [2.24, 2.45) is 0 Å². The highest BCUT2D eigenvalue weighted by Crippen LogP contribution is 2.17. The van der Waals surface area contributed by atoms with Crippen LogP contribution in [0, 0.1) is 0 Å². The first-order chi connectivity index (χ1) is 10.2. The van der Waals surface area contributed by atoms with Crippen molar-refractivity contribution >= 4 is 5.97 Å². The molecular weight excluding hydrogens is 266 g/mol. The molecule has 1 aromatic heterocycles. The molecule has 0 saturated carbocycles. The second-order valence-electron chi connectivity index (χ2n) is 5.43. The monoisotopic (exact) mass is 291 g/mol. The molecule has 1 aliphatic heterocycles. The Morgan fingerprint density at radius 2 is 2.19 bits per heavy atom. The predicted molar refractivity (Wildman–Crippen MR) is 82.2 cm³/mol. The molecule has 1 saturated heterocycles. The minimum atomic E-state index is -0.336. The maximum Gasteiger partial charge on any atom is 0.339 e. The van der Waals surface area contributed by atoms with Crippen molar-refractivity contribution < 1.29 is 9.53 Å². The van der Waals surface area contributed by atoms with Gasteiger partial charge in [0.2, 0.25) is 0 Å². The smallest absolute Gasteiger partial charge is 0.339 e. The predicted octanol–water partition coefficient (Wildman–Crippen LogP) is 1.78. The zero-order valence-electron chi connectivity index (χ0n) is 13.2. The van der Waals surface area contributed by atoms with Crippen molar-refractivity contribution in [3.05, 3.63) is 29.6 Å². The van der Waals surface area contributed by atoms with E-state index in [1.54, 1.807) is 12.3 Å². The van der Waals surface area contributed by atoms with E-state index in [1.165, 1.54) is 13.5 Å². The van der Waals surface area contributed by atoms with Crippen molar-refractivity contribution in [3.8, 4) is 0 Å². The van der Waals surface area contributed by atoms with Gasteiger partial charge in [0.15, 0.2) is 0 Å². The number of carbonyl (C=O) groups excluding carboxylic acids is 1. The van der Waals surface area contributed by atoms with Gasteiger partial charge in [-0.1, -0.05) is 13.8 Å². The number of likely N-dealkylation sites (N-methyl/N-ethyl adjacent to an activating group) is 1. The lowest BCUT2D eigenvalue weighted by molar-refractivity contribution is 0.0600. The van der Waals surface area contributed by atoms with Gasteiger partial charge in [0.25, 0.3) is 0 Å². The summed E-state index contributed by atoms with van der Waals surface area (Å²) >= 11 is 0. The first kappa shape index (κ1) is 15.9. The molecule has 0 radical (unpaired) electrons. The molecular formula is C16H25N3O2. The third-order valence-corrected chi connectivity index (χ3v) is 4.21. The maximum atomic E-state index is 11.4. The quantitative estimate of drug-likeness (QED) is 0.748. The zero-order valence-corrected chi connectivity index (χ0v) is 13.2. The normalized spacial score (nSPS) is 19.1. The lowest BCUT2D eigenvalue weighted by Crippen LogP contribution is -2.37. The highest BCUT2D eigenvalue weighted by molar-refractivity contribution is 5.88. The molecule has 1 fully saturated rings. The number of likely N-dealkylation sites (tertiary alicyclic amines) is 1. The van der Waals surface area contributed by atoms with E-state index in [-0.39, 0.29) is 5.97 Å². The first-order valence-electron chi connectivity index (χ1n) is 7.67. The Morgan fingerprint density at radius 1 is 1.43 bits per heavy atom. The van der Waals surface area contributed by atoms with Gasteiger partial charge in [0.05, 0.1) is 18.4 Å². The first-order valence-corrected chi connectivity index (χ1v) is 7.67. The van der Waals surface area contributed by atoms with E-state index < -0.39 is 0 Å². The van der Waals surface area contributed by atoms with E-state index in [9.17, 15) is 4.79 Å². The van der Waals surface area contributed by atoms with E-state index in [2.05, 4.69) is 33.4 Å². The standard InChI is InChI=1S/C16H25N3O2/c1-4-19(5-2)15-8-9-18(12-15)11-14-7-6-13(10-17-14)16(20)21-3/h6-7,10,15H,4-5,8-9,11-12H2,1-3H3. The van der Waals surface area contributed by atoms with Crippen molar-refractivity contribution in [1.82, 2.24) is 14.8 Å². The summed E-state index contributed by atoms with van der Waals surface area (Å²) in [5.74, 6) is -0.336. The van der Waals surface area contributed by atoms with E-state index >= 15 is 0 Å². The number of hydrogen-bond donors (Lipinski definition) is 0. The molecule has 1 aromatic rings. The second-order valence-corrected chi connectivity index (χ2v) is 5.43. The van der Waals surface area contributed by atoms with Crippen molar-refractivity contribution in [1.29, 1.82) is 0 Å². The summed E-state index contributed by atoms with van der Waals surface area (Å²) in [6.45, 7) is 9.73. The molecule has 0 spiro atoms. The van der Waals surface area contributed by atoms with Crippen LogP contribution in [0.3, 0.4) is 0 Å². The van der Waals surface area contributed by atoms with Crippen LogP contribution in [0.25, 0.3) is 0 Å². The second kappa shape index (κ2) is 7.52. The van der Waals surface area contributed by atoms with Crippen LogP contribution in [0.1, 0.15) is 36.3 Å². The summed E-state index contributed by atoms with van der Waals surface area (Å²) in [5.41, 5.74) is 1.51. The number of nitrogens with zero attached hydrogens (tertiary/aromatic N) is 3. The van der Waals surface area contributed by atoms with Crippen molar-refractivity contribution in [3.63, 3.8) is 0 Å². The van der Waals surface area contributed by atoms with Crippen LogP contribution < -0.4 is 0 Å². The average Bonchev–Trinajstić information content (AvgIpc) is 2.97. The fourth-order valence-corrected chi connectivity index (χ4v) is 2.98. The third-order valence-electron chi connectivity index (χ3n) is 4.21. The minimum Gasteiger partial charge on any atom is -0.465 e. The van der Waals surface area contributed by atoms with Crippen molar-refractivity contribution in [2.75, 3.05) is 33.3 Å². The molecule has 2 heterocycles. The highest BCUT2D eigenvalue weighted by Gasteiger charge is 2.26. The molecule has 1 unspecified atom stereocenters. The van der Waals surface area contributed by atoms with Gasteiger partial charge >= 0.3 is 5.97 Å². The molecule has 0 amide bonds. The summed E-state index contributed by atoms with van der Waals surface area (Å²) in [7, 11) is 1.38. The van der Waals surface area contributed by atoms with Crippen LogP contribution in [-0.2, 0) is 11.3 Å². The van der Waals surface area contributed by atoms with Crippen molar-refractivity contribution in [2.45, 2.75) is 32.9 Å². The topological polar surface area (TPSA) is 45.7 Å². The maximum absolute atomic E-state index is 11.4. The number of ether oxygens (including phenoxy) is 1. The van der Waals surface area contributed by atoms with Crippen LogP contribution in [-0.4, -0.2) is 60.1 Å². The van der Waals surface area contributed by atoms with Crippen LogP contribution in [0.5, 0.6) is 0 Å². The van der Waals surface area contributed by atoms with Crippen LogP contribution in [0.2, 0.25) is 0 Å². The Kier molecular flexibility index (Phi) is 5.70. The lowest BCUT2D eigenvalue weighted by Gasteiger charge is -2.26. The largest absolute Gasteiger partial charge is 0.465 e. The molecule has 1 aliphatic rings.